The minimum absolute atomic E-state index is 0.114. The van der Waals surface area contributed by atoms with Crippen molar-refractivity contribution in [1.29, 1.82) is 0 Å². The van der Waals surface area contributed by atoms with E-state index in [4.69, 9.17) is 32.7 Å². The number of benzene rings is 2. The second kappa shape index (κ2) is 13.9. The number of halogens is 4. The van der Waals surface area contributed by atoms with Gasteiger partial charge in [0.15, 0.2) is 18.6 Å². The molecule has 0 saturated carbocycles. The third kappa shape index (κ3) is 9.49. The maximum atomic E-state index is 14.2. The largest absolute Gasteiger partial charge is 0.412 e. The standard InChI is InChI=1S/C18H24ClFOSSi.C12H10ClFOS/c1-18(2,3)23(4,5)21-12-16-11-14(17(20)22-16)9-13-7-6-8-15(19)10-13;13-10-3-1-2-8(5-10)4-9-6-11(7-15)16-12(9)14/h6-8,10-11H,9,12H2,1-5H3;1-3,5-6,15H,4,7H2. The van der Waals surface area contributed by atoms with Crippen LogP contribution >= 0.6 is 45.9 Å². The first-order valence-corrected chi connectivity index (χ1v) is 17.8. The van der Waals surface area contributed by atoms with E-state index in [1.807, 2.05) is 48.5 Å². The first-order valence-electron chi connectivity index (χ1n) is 12.6. The van der Waals surface area contributed by atoms with Gasteiger partial charge in [0.25, 0.3) is 0 Å². The Morgan fingerprint density at radius 2 is 1.26 bits per heavy atom. The molecule has 0 bridgehead atoms. The van der Waals surface area contributed by atoms with Crippen LogP contribution in [0.2, 0.25) is 28.2 Å². The molecule has 2 heterocycles. The average Bonchev–Trinajstić information content (AvgIpc) is 3.38. The fourth-order valence-corrected chi connectivity index (χ4v) is 6.56. The number of hydrogen-bond acceptors (Lipinski definition) is 4. The van der Waals surface area contributed by atoms with E-state index in [0.717, 1.165) is 27.3 Å². The van der Waals surface area contributed by atoms with Gasteiger partial charge in [0, 0.05) is 43.8 Å². The zero-order chi connectivity index (χ0) is 28.8. The second-order valence-corrected chi connectivity index (χ2v) is 18.7. The monoisotopic (exact) mass is 626 g/mol. The molecule has 0 atom stereocenters. The van der Waals surface area contributed by atoms with Crippen LogP contribution in [0, 0.1) is 10.3 Å². The van der Waals surface area contributed by atoms with Gasteiger partial charge >= 0.3 is 0 Å². The Labute approximate surface area is 249 Å². The van der Waals surface area contributed by atoms with Crippen LogP contribution in [-0.2, 0) is 30.5 Å². The molecule has 4 aromatic rings. The fraction of sp³-hybridized carbons (Fsp3) is 0.333. The first kappa shape index (κ1) is 31.9. The molecule has 0 aliphatic heterocycles. The van der Waals surface area contributed by atoms with Crippen LogP contribution in [0.15, 0.2) is 60.7 Å². The third-order valence-corrected chi connectivity index (χ3v) is 13.6. The molecule has 0 amide bonds. The molecule has 39 heavy (non-hydrogen) atoms. The van der Waals surface area contributed by atoms with Crippen LogP contribution in [0.5, 0.6) is 0 Å². The van der Waals surface area contributed by atoms with E-state index in [2.05, 4.69) is 33.9 Å². The summed E-state index contributed by atoms with van der Waals surface area (Å²) in [5, 5.41) is 10.0. The summed E-state index contributed by atoms with van der Waals surface area (Å²) in [5.41, 5.74) is 3.31. The van der Waals surface area contributed by atoms with Crippen molar-refractivity contribution in [3.05, 3.63) is 113 Å². The van der Waals surface area contributed by atoms with Gasteiger partial charge in [-0.2, -0.15) is 8.78 Å². The van der Waals surface area contributed by atoms with Crippen LogP contribution in [0.3, 0.4) is 0 Å². The quantitative estimate of drug-likeness (QED) is 0.197. The number of aliphatic hydroxyl groups is 1. The Bertz CT molecular complexity index is 1380. The molecule has 0 radical (unpaired) electrons. The van der Waals surface area contributed by atoms with Crippen molar-refractivity contribution < 1.29 is 18.3 Å². The zero-order valence-corrected chi connectivity index (χ0v) is 26.9. The summed E-state index contributed by atoms with van der Waals surface area (Å²) >= 11 is 14.0. The molecule has 0 saturated heterocycles. The number of aliphatic hydroxyl groups excluding tert-OH is 1. The molecule has 2 aromatic carbocycles. The highest BCUT2D eigenvalue weighted by Gasteiger charge is 2.37. The summed E-state index contributed by atoms with van der Waals surface area (Å²) in [5.74, 6) is 0. The molecule has 2 nitrogen and oxygen atoms in total. The number of hydrogen-bond donors (Lipinski definition) is 1. The van der Waals surface area contributed by atoms with E-state index >= 15 is 0 Å². The molecule has 2 aromatic heterocycles. The first-order chi connectivity index (χ1) is 18.3. The molecular weight excluding hydrogens is 593 g/mol. The van der Waals surface area contributed by atoms with Gasteiger partial charge in [-0.1, -0.05) is 68.2 Å². The van der Waals surface area contributed by atoms with Crippen molar-refractivity contribution in [3.63, 3.8) is 0 Å². The summed E-state index contributed by atoms with van der Waals surface area (Å²) in [4.78, 5) is 1.60. The van der Waals surface area contributed by atoms with Crippen molar-refractivity contribution in [2.24, 2.45) is 0 Å². The second-order valence-electron chi connectivity index (χ2n) is 10.8. The predicted molar refractivity (Wildman–Crippen MR) is 165 cm³/mol. The molecule has 0 unspecified atom stereocenters. The van der Waals surface area contributed by atoms with Gasteiger partial charge in [0.05, 0.1) is 13.2 Å². The molecule has 4 rings (SSSR count). The lowest BCUT2D eigenvalue weighted by atomic mass is 10.1. The highest BCUT2D eigenvalue weighted by molar-refractivity contribution is 7.10. The minimum atomic E-state index is -1.81. The van der Waals surface area contributed by atoms with E-state index in [1.165, 1.54) is 11.3 Å². The summed E-state index contributed by atoms with van der Waals surface area (Å²) in [6, 6.07) is 18.5. The van der Waals surface area contributed by atoms with E-state index < -0.39 is 8.32 Å². The van der Waals surface area contributed by atoms with Crippen molar-refractivity contribution in [2.45, 2.75) is 65.0 Å². The number of rotatable bonds is 8. The van der Waals surface area contributed by atoms with Crippen LogP contribution in [0.1, 0.15) is 52.8 Å². The van der Waals surface area contributed by atoms with Crippen LogP contribution in [-0.4, -0.2) is 13.4 Å². The van der Waals surface area contributed by atoms with Crippen molar-refractivity contribution in [1.82, 2.24) is 0 Å². The summed E-state index contributed by atoms with van der Waals surface area (Å²) < 4.78 is 33.8. The molecule has 210 valence electrons. The molecule has 0 aliphatic rings. The molecule has 9 heteroatoms. The van der Waals surface area contributed by atoms with E-state index in [0.29, 0.717) is 45.5 Å². The average molecular weight is 628 g/mol. The Morgan fingerprint density at radius 1 is 0.795 bits per heavy atom. The molecule has 0 fully saturated rings. The smallest absolute Gasteiger partial charge is 0.192 e. The van der Waals surface area contributed by atoms with Gasteiger partial charge in [0.1, 0.15) is 0 Å². The maximum Gasteiger partial charge on any atom is 0.192 e. The fourth-order valence-electron chi connectivity index (χ4n) is 3.51. The molecular formula is C30H34Cl2F2O2S2Si. The maximum absolute atomic E-state index is 14.2. The lowest BCUT2D eigenvalue weighted by Gasteiger charge is -2.36. The topological polar surface area (TPSA) is 29.5 Å². The Kier molecular flexibility index (Phi) is 11.3. The van der Waals surface area contributed by atoms with Gasteiger partial charge in [-0.3, -0.25) is 0 Å². The summed E-state index contributed by atoms with van der Waals surface area (Å²) in [6.07, 6.45) is 1.06. The summed E-state index contributed by atoms with van der Waals surface area (Å²) in [6.45, 7) is 11.4. The van der Waals surface area contributed by atoms with Crippen molar-refractivity contribution >= 4 is 54.2 Å². The van der Waals surface area contributed by atoms with E-state index in [-0.39, 0.29) is 21.9 Å². The molecule has 1 N–H and O–H groups in total. The molecule has 0 aliphatic carbocycles. The normalized spacial score (nSPS) is 11.8. The SMILES string of the molecule is CC(C)(C)[Si](C)(C)OCc1cc(Cc2cccc(Cl)c2)c(F)s1.OCc1cc(Cc2cccc(Cl)c2)c(F)s1. The van der Waals surface area contributed by atoms with Crippen molar-refractivity contribution in [3.8, 4) is 0 Å². The van der Waals surface area contributed by atoms with Crippen LogP contribution < -0.4 is 0 Å². The minimum Gasteiger partial charge on any atom is -0.412 e. The van der Waals surface area contributed by atoms with Crippen molar-refractivity contribution in [2.75, 3.05) is 0 Å². The van der Waals surface area contributed by atoms with Gasteiger partial charge in [-0.25, -0.2) is 0 Å². The predicted octanol–water partition coefficient (Wildman–Crippen LogP) is 10.3. The molecule has 0 spiro atoms. The Hall–Kier alpha value is -1.58. The van der Waals surface area contributed by atoms with Crippen LogP contribution in [0.25, 0.3) is 0 Å². The van der Waals surface area contributed by atoms with E-state index in [1.54, 1.807) is 12.1 Å². The van der Waals surface area contributed by atoms with Crippen LogP contribution in [0.4, 0.5) is 8.78 Å². The Morgan fingerprint density at radius 3 is 1.67 bits per heavy atom. The van der Waals surface area contributed by atoms with Gasteiger partial charge < -0.3 is 9.53 Å². The zero-order valence-electron chi connectivity index (χ0n) is 22.8. The van der Waals surface area contributed by atoms with Gasteiger partial charge in [-0.05, 0) is 65.7 Å². The van der Waals surface area contributed by atoms with Gasteiger partial charge in [-0.15, -0.1) is 22.7 Å². The lowest BCUT2D eigenvalue weighted by molar-refractivity contribution is 0.279. The highest BCUT2D eigenvalue weighted by Crippen LogP contribution is 2.37. The highest BCUT2D eigenvalue weighted by atomic mass is 35.5. The lowest BCUT2D eigenvalue weighted by Crippen LogP contribution is -2.40. The number of thiophene rings is 2. The Balaban J connectivity index is 0.000000230. The van der Waals surface area contributed by atoms with E-state index in [9.17, 15) is 8.78 Å². The third-order valence-electron chi connectivity index (χ3n) is 6.72. The summed E-state index contributed by atoms with van der Waals surface area (Å²) in [7, 11) is -1.81. The van der Waals surface area contributed by atoms with Gasteiger partial charge in [0.2, 0.25) is 0 Å².